The van der Waals surface area contributed by atoms with Crippen LogP contribution in [0.25, 0.3) is 22.1 Å². The lowest BCUT2D eigenvalue weighted by Crippen LogP contribution is -2.31. The van der Waals surface area contributed by atoms with Gasteiger partial charge in [-0.25, -0.2) is 4.98 Å². The van der Waals surface area contributed by atoms with Gasteiger partial charge in [-0.3, -0.25) is 9.11 Å². The number of benzene rings is 2. The molecular formula is C16H19N2O5S+. The normalized spacial score (nSPS) is 11.2. The van der Waals surface area contributed by atoms with E-state index in [1.54, 1.807) is 7.11 Å². The maximum absolute atomic E-state index is 8.74. The van der Waals surface area contributed by atoms with Gasteiger partial charge in [0.2, 0.25) is 11.0 Å². The van der Waals surface area contributed by atoms with Gasteiger partial charge in [0.25, 0.3) is 0 Å². The number of aromatic nitrogens is 2. The van der Waals surface area contributed by atoms with Crippen LogP contribution in [-0.2, 0) is 17.4 Å². The van der Waals surface area contributed by atoms with Gasteiger partial charge >= 0.3 is 10.4 Å². The van der Waals surface area contributed by atoms with E-state index in [4.69, 9.17) is 27.2 Å². The number of aryl methyl sites for hydroxylation is 2. The molecule has 2 N–H and O–H groups in total. The maximum Gasteiger partial charge on any atom is 0.394 e. The molecule has 0 saturated carbocycles. The van der Waals surface area contributed by atoms with Crippen molar-refractivity contribution in [3.63, 3.8) is 0 Å². The first kappa shape index (κ1) is 18.1. The standard InChI is InChI=1S/C16H17N2O.H2O4S/c1-10-9-14-15(16(19-4)11(10)2)17-12-7-5-6-8-13(12)18(14)3;1-5(2,3)4/h5-9H,1-4H3;(H2,1,2,3,4)/q+1;. The molecule has 0 aliphatic heterocycles. The van der Waals surface area contributed by atoms with Gasteiger partial charge in [-0.15, -0.1) is 0 Å². The smallest absolute Gasteiger partial charge is 0.394 e. The Bertz CT molecular complexity index is 1010. The Labute approximate surface area is 140 Å². The minimum absolute atomic E-state index is 0.872. The molecule has 3 rings (SSSR count). The summed E-state index contributed by atoms with van der Waals surface area (Å²) >= 11 is 0. The molecule has 24 heavy (non-hydrogen) atoms. The lowest BCUT2D eigenvalue weighted by molar-refractivity contribution is -0.618. The highest BCUT2D eigenvalue weighted by Crippen LogP contribution is 2.29. The SMILES string of the molecule is COc1c(C)c(C)cc2c1nc1ccccc1[n+]2C.O=S(=O)(O)O. The molecule has 128 valence electrons. The number of fused-ring (bicyclic) bond motifs is 2. The number of hydrogen-bond acceptors (Lipinski definition) is 4. The summed E-state index contributed by atoms with van der Waals surface area (Å²) in [5.41, 5.74) is 6.50. The Hall–Kier alpha value is -2.29. The summed E-state index contributed by atoms with van der Waals surface area (Å²) in [6, 6.07) is 10.3. The van der Waals surface area contributed by atoms with E-state index in [1.807, 2.05) is 18.2 Å². The molecule has 0 fully saturated rings. The van der Waals surface area contributed by atoms with E-state index in [1.165, 1.54) is 5.56 Å². The Balaban J connectivity index is 0.000000368. The van der Waals surface area contributed by atoms with Gasteiger partial charge in [-0.1, -0.05) is 12.1 Å². The Morgan fingerprint density at radius 3 is 2.29 bits per heavy atom. The van der Waals surface area contributed by atoms with E-state index in [0.29, 0.717) is 0 Å². The van der Waals surface area contributed by atoms with Crippen LogP contribution in [-0.4, -0.2) is 29.6 Å². The zero-order valence-electron chi connectivity index (χ0n) is 13.8. The van der Waals surface area contributed by atoms with Crippen molar-refractivity contribution in [2.24, 2.45) is 7.05 Å². The molecule has 0 atom stereocenters. The van der Waals surface area contributed by atoms with Gasteiger partial charge in [-0.05, 0) is 31.0 Å². The van der Waals surface area contributed by atoms with Crippen molar-refractivity contribution in [1.29, 1.82) is 0 Å². The number of para-hydroxylation sites is 2. The molecule has 1 aromatic heterocycles. The fourth-order valence-electron chi connectivity index (χ4n) is 2.56. The highest BCUT2D eigenvalue weighted by molar-refractivity contribution is 7.79. The molecule has 0 amide bonds. The second kappa shape index (κ2) is 6.68. The van der Waals surface area contributed by atoms with E-state index >= 15 is 0 Å². The summed E-state index contributed by atoms with van der Waals surface area (Å²) in [7, 11) is -0.890. The first-order valence-electron chi connectivity index (χ1n) is 7.06. The highest BCUT2D eigenvalue weighted by Gasteiger charge is 2.19. The monoisotopic (exact) mass is 351 g/mol. The highest BCUT2D eigenvalue weighted by atomic mass is 32.3. The van der Waals surface area contributed by atoms with Crippen LogP contribution in [0.1, 0.15) is 11.1 Å². The average molecular weight is 351 g/mol. The van der Waals surface area contributed by atoms with Gasteiger partial charge in [0.15, 0.2) is 11.3 Å². The molecule has 0 aliphatic carbocycles. The van der Waals surface area contributed by atoms with Gasteiger partial charge < -0.3 is 4.74 Å². The van der Waals surface area contributed by atoms with Crippen LogP contribution in [0, 0.1) is 13.8 Å². The second-order valence-electron chi connectivity index (χ2n) is 5.33. The van der Waals surface area contributed by atoms with Crippen molar-refractivity contribution in [3.05, 3.63) is 41.5 Å². The summed E-state index contributed by atoms with van der Waals surface area (Å²) < 4.78 is 39.3. The van der Waals surface area contributed by atoms with E-state index in [-0.39, 0.29) is 0 Å². The minimum Gasteiger partial charge on any atom is -0.494 e. The van der Waals surface area contributed by atoms with Gasteiger partial charge in [-0.2, -0.15) is 13.0 Å². The predicted molar refractivity (Wildman–Crippen MR) is 90.6 cm³/mol. The molecule has 8 heteroatoms. The molecule has 0 radical (unpaired) electrons. The fourth-order valence-corrected chi connectivity index (χ4v) is 2.56. The summed E-state index contributed by atoms with van der Waals surface area (Å²) in [5.74, 6) is 0.872. The topological polar surface area (TPSA) is 101 Å². The molecule has 0 spiro atoms. The molecule has 7 nitrogen and oxygen atoms in total. The van der Waals surface area contributed by atoms with E-state index in [0.717, 1.165) is 33.4 Å². The number of ether oxygens (including phenoxy) is 1. The van der Waals surface area contributed by atoms with Gasteiger partial charge in [0.1, 0.15) is 12.6 Å². The Morgan fingerprint density at radius 1 is 1.12 bits per heavy atom. The van der Waals surface area contributed by atoms with Crippen molar-refractivity contribution >= 4 is 32.5 Å². The van der Waals surface area contributed by atoms with Crippen molar-refractivity contribution in [2.45, 2.75) is 13.8 Å². The fraction of sp³-hybridized carbons (Fsp3) is 0.250. The molecule has 0 saturated heterocycles. The zero-order valence-corrected chi connectivity index (χ0v) is 14.6. The van der Waals surface area contributed by atoms with Crippen LogP contribution >= 0.6 is 0 Å². The summed E-state index contributed by atoms with van der Waals surface area (Å²) in [6.07, 6.45) is 0. The third-order valence-electron chi connectivity index (χ3n) is 3.78. The number of rotatable bonds is 1. The van der Waals surface area contributed by atoms with Crippen LogP contribution in [0.3, 0.4) is 0 Å². The van der Waals surface area contributed by atoms with Gasteiger partial charge in [0, 0.05) is 12.1 Å². The average Bonchev–Trinajstić information content (AvgIpc) is 2.49. The summed E-state index contributed by atoms with van der Waals surface area (Å²) in [6.45, 7) is 4.18. The van der Waals surface area contributed by atoms with Crippen LogP contribution < -0.4 is 9.30 Å². The van der Waals surface area contributed by atoms with Crippen molar-refractivity contribution in [3.8, 4) is 5.75 Å². The minimum atomic E-state index is -4.67. The molecule has 2 aromatic carbocycles. The maximum atomic E-state index is 8.74. The molecule has 0 unspecified atom stereocenters. The van der Waals surface area contributed by atoms with Crippen molar-refractivity contribution in [1.82, 2.24) is 4.98 Å². The summed E-state index contributed by atoms with van der Waals surface area (Å²) in [4.78, 5) is 4.77. The van der Waals surface area contributed by atoms with E-state index in [9.17, 15) is 0 Å². The van der Waals surface area contributed by atoms with Crippen molar-refractivity contribution < 1.29 is 26.8 Å². The van der Waals surface area contributed by atoms with Crippen LogP contribution in [0.5, 0.6) is 5.75 Å². The lowest BCUT2D eigenvalue weighted by atomic mass is 10.1. The first-order valence-corrected chi connectivity index (χ1v) is 8.45. The van der Waals surface area contributed by atoms with Gasteiger partial charge in [0.05, 0.1) is 7.11 Å². The number of hydrogen-bond donors (Lipinski definition) is 2. The molecule has 0 bridgehead atoms. The number of nitrogens with zero attached hydrogens (tertiary/aromatic N) is 2. The predicted octanol–water partition coefficient (Wildman–Crippen LogP) is 2.19. The summed E-state index contributed by atoms with van der Waals surface area (Å²) in [5, 5.41) is 0. The quantitative estimate of drug-likeness (QED) is 0.396. The van der Waals surface area contributed by atoms with E-state index < -0.39 is 10.4 Å². The van der Waals surface area contributed by atoms with Crippen LogP contribution in [0.15, 0.2) is 30.3 Å². The molecule has 0 aliphatic rings. The van der Waals surface area contributed by atoms with Crippen LogP contribution in [0.2, 0.25) is 0 Å². The molecule has 3 aromatic rings. The Kier molecular flexibility index (Phi) is 5.02. The second-order valence-corrected chi connectivity index (χ2v) is 6.22. The first-order chi connectivity index (χ1) is 11.1. The third kappa shape index (κ3) is 3.78. The Morgan fingerprint density at radius 2 is 1.71 bits per heavy atom. The van der Waals surface area contributed by atoms with Crippen molar-refractivity contribution in [2.75, 3.05) is 7.11 Å². The zero-order chi connectivity index (χ0) is 18.1. The molecule has 1 heterocycles. The largest absolute Gasteiger partial charge is 0.494 e. The van der Waals surface area contributed by atoms with Crippen LogP contribution in [0.4, 0.5) is 0 Å². The number of methoxy groups -OCH3 is 1. The third-order valence-corrected chi connectivity index (χ3v) is 3.78. The lowest BCUT2D eigenvalue weighted by Gasteiger charge is -2.10. The van der Waals surface area contributed by atoms with E-state index in [2.05, 4.69) is 37.6 Å². The molecular weight excluding hydrogens is 332 g/mol.